The van der Waals surface area contributed by atoms with E-state index in [0.29, 0.717) is 41.3 Å². The Morgan fingerprint density at radius 3 is 2.52 bits per heavy atom. The summed E-state index contributed by atoms with van der Waals surface area (Å²) >= 11 is 1.27. The molecule has 0 saturated carbocycles. The summed E-state index contributed by atoms with van der Waals surface area (Å²) in [6.07, 6.45) is -0.104. The van der Waals surface area contributed by atoms with Crippen LogP contribution in [0.15, 0.2) is 82.8 Å². The van der Waals surface area contributed by atoms with E-state index in [9.17, 15) is 14.4 Å². The van der Waals surface area contributed by atoms with Crippen LogP contribution in [0.1, 0.15) is 17.5 Å². The number of amidine groups is 2. The minimum absolute atomic E-state index is 0.00583. The van der Waals surface area contributed by atoms with Gasteiger partial charge >= 0.3 is 0 Å². The lowest BCUT2D eigenvalue weighted by atomic mass is 10.1. The lowest BCUT2D eigenvalue weighted by molar-refractivity contribution is -0.128. The number of nitrogens with zero attached hydrogens (tertiary/aromatic N) is 5. The maximum atomic E-state index is 13.3. The standard InChI is InChI=1S/C32H30N6O5S/c39-28(33-18-21-10-11-26-27(16-21)43-20-42-26)17-25-31(41)35-30-23-8-4-5-9-24(23)34-32(38(25)30)44-19-29(40)37-14-12-36(13-15-37)22-6-2-1-3-7-22/h1-11,16,25H,12-15,17-20H2,(H,33,39). The van der Waals surface area contributed by atoms with E-state index < -0.39 is 11.9 Å². The van der Waals surface area contributed by atoms with Crippen molar-refractivity contribution in [2.24, 2.45) is 9.98 Å². The summed E-state index contributed by atoms with van der Waals surface area (Å²) in [4.78, 5) is 54.6. The number of fused-ring (bicyclic) bond motifs is 4. The monoisotopic (exact) mass is 610 g/mol. The molecular weight excluding hydrogens is 580 g/mol. The quantitative estimate of drug-likeness (QED) is 0.434. The van der Waals surface area contributed by atoms with Gasteiger partial charge in [-0.15, -0.1) is 0 Å². The highest BCUT2D eigenvalue weighted by Crippen LogP contribution is 2.35. The van der Waals surface area contributed by atoms with Gasteiger partial charge in [-0.25, -0.2) is 4.99 Å². The molecule has 3 amide bonds. The average Bonchev–Trinajstić information content (AvgIpc) is 3.67. The molecule has 1 saturated heterocycles. The van der Waals surface area contributed by atoms with Crippen LogP contribution >= 0.6 is 11.8 Å². The number of carbonyl (C=O) groups excluding carboxylic acids is 3. The van der Waals surface area contributed by atoms with Gasteiger partial charge in [0.1, 0.15) is 11.9 Å². The van der Waals surface area contributed by atoms with Gasteiger partial charge in [0.05, 0.1) is 17.9 Å². The van der Waals surface area contributed by atoms with Crippen LogP contribution < -0.4 is 19.7 Å². The molecule has 0 radical (unpaired) electrons. The summed E-state index contributed by atoms with van der Waals surface area (Å²) in [5.41, 5.74) is 3.40. The summed E-state index contributed by atoms with van der Waals surface area (Å²) < 4.78 is 10.8. The first-order valence-electron chi connectivity index (χ1n) is 14.5. The molecule has 1 N–H and O–H groups in total. The predicted molar refractivity (Wildman–Crippen MR) is 167 cm³/mol. The second kappa shape index (κ2) is 12.0. The Kier molecular flexibility index (Phi) is 7.65. The van der Waals surface area contributed by atoms with Gasteiger partial charge in [0.15, 0.2) is 16.7 Å². The first kappa shape index (κ1) is 28.0. The lowest BCUT2D eigenvalue weighted by Gasteiger charge is -2.36. The number of hydrogen-bond acceptors (Lipinski definition) is 9. The van der Waals surface area contributed by atoms with Gasteiger partial charge in [-0.3, -0.25) is 19.3 Å². The Morgan fingerprint density at radius 1 is 0.909 bits per heavy atom. The SMILES string of the molecule is O=C(CC1C(=O)N=C2c3ccccc3N=C(SCC(=O)N3CCN(c4ccccc4)CC3)N21)NCc1ccc2c(c1)OCO2. The number of rotatable bonds is 7. The fourth-order valence-electron chi connectivity index (χ4n) is 5.67. The second-order valence-corrected chi connectivity index (χ2v) is 11.7. The molecule has 3 aromatic carbocycles. The molecule has 3 aromatic rings. The lowest BCUT2D eigenvalue weighted by Crippen LogP contribution is -2.50. The minimum Gasteiger partial charge on any atom is -0.454 e. The number of amides is 3. The molecule has 11 nitrogen and oxygen atoms in total. The molecule has 7 rings (SSSR count). The van der Waals surface area contributed by atoms with Crippen molar-refractivity contribution in [3.8, 4) is 11.5 Å². The van der Waals surface area contributed by atoms with Gasteiger partial charge in [-0.05, 0) is 42.0 Å². The van der Waals surface area contributed by atoms with Gasteiger partial charge in [-0.1, -0.05) is 48.2 Å². The molecule has 0 bridgehead atoms. The van der Waals surface area contributed by atoms with Crippen LogP contribution in [-0.4, -0.2) is 83.3 Å². The van der Waals surface area contributed by atoms with Crippen LogP contribution in [0.25, 0.3) is 0 Å². The van der Waals surface area contributed by atoms with E-state index in [0.717, 1.165) is 29.9 Å². The maximum Gasteiger partial charge on any atom is 0.271 e. The van der Waals surface area contributed by atoms with E-state index in [1.807, 2.05) is 59.5 Å². The number of aliphatic imine (C=N–C) groups is 2. The molecule has 44 heavy (non-hydrogen) atoms. The summed E-state index contributed by atoms with van der Waals surface area (Å²) in [6, 6.07) is 22.3. The van der Waals surface area contributed by atoms with Crippen molar-refractivity contribution in [3.05, 3.63) is 83.9 Å². The van der Waals surface area contributed by atoms with Crippen LogP contribution in [0.4, 0.5) is 11.4 Å². The van der Waals surface area contributed by atoms with Gasteiger partial charge in [-0.2, -0.15) is 4.99 Å². The van der Waals surface area contributed by atoms with Crippen molar-refractivity contribution in [1.82, 2.24) is 15.1 Å². The largest absolute Gasteiger partial charge is 0.454 e. The average molecular weight is 611 g/mol. The Hall–Kier alpha value is -4.84. The molecule has 4 aliphatic rings. The minimum atomic E-state index is -0.856. The first-order valence-corrected chi connectivity index (χ1v) is 15.5. The topological polar surface area (TPSA) is 116 Å². The van der Waals surface area contributed by atoms with Gasteiger partial charge in [0.2, 0.25) is 18.6 Å². The van der Waals surface area contributed by atoms with Crippen molar-refractivity contribution in [2.45, 2.75) is 19.0 Å². The third-order valence-electron chi connectivity index (χ3n) is 7.99. The van der Waals surface area contributed by atoms with Gasteiger partial charge < -0.3 is 24.6 Å². The summed E-state index contributed by atoms with van der Waals surface area (Å²) in [6.45, 7) is 3.23. The first-order chi connectivity index (χ1) is 21.5. The van der Waals surface area contributed by atoms with Crippen molar-refractivity contribution in [3.63, 3.8) is 0 Å². The van der Waals surface area contributed by atoms with E-state index in [2.05, 4.69) is 27.3 Å². The van der Waals surface area contributed by atoms with Crippen molar-refractivity contribution >= 4 is 51.9 Å². The Balaban J connectivity index is 1.01. The van der Waals surface area contributed by atoms with Crippen molar-refractivity contribution < 1.29 is 23.9 Å². The van der Waals surface area contributed by atoms with Crippen LogP contribution in [0.3, 0.4) is 0 Å². The molecule has 1 atom stereocenters. The van der Waals surface area contributed by atoms with E-state index >= 15 is 0 Å². The number of nitrogens with one attached hydrogen (secondary N) is 1. The zero-order chi connectivity index (χ0) is 30.0. The summed E-state index contributed by atoms with van der Waals surface area (Å²) in [7, 11) is 0. The molecule has 4 aliphatic heterocycles. The number of hydrogen-bond donors (Lipinski definition) is 1. The molecule has 0 aromatic heterocycles. The van der Waals surface area contributed by atoms with Gasteiger partial charge in [0.25, 0.3) is 5.91 Å². The number of ether oxygens (including phenoxy) is 2. The highest BCUT2D eigenvalue weighted by Gasteiger charge is 2.43. The normalized spacial score (nSPS) is 18.4. The van der Waals surface area contributed by atoms with Crippen LogP contribution in [0.2, 0.25) is 0 Å². The molecule has 4 heterocycles. The van der Waals surface area contributed by atoms with E-state index in [4.69, 9.17) is 14.5 Å². The number of thioether (sulfide) groups is 1. The molecule has 12 heteroatoms. The number of piperazine rings is 1. The molecule has 1 fully saturated rings. The van der Waals surface area contributed by atoms with Crippen molar-refractivity contribution in [2.75, 3.05) is 43.6 Å². The van der Waals surface area contributed by atoms with Crippen LogP contribution in [0, 0.1) is 0 Å². The predicted octanol–water partition coefficient (Wildman–Crippen LogP) is 3.16. The highest BCUT2D eigenvalue weighted by molar-refractivity contribution is 8.14. The smallest absolute Gasteiger partial charge is 0.271 e. The van der Waals surface area contributed by atoms with Crippen LogP contribution in [0.5, 0.6) is 11.5 Å². The Bertz CT molecular complexity index is 1670. The number of carbonyl (C=O) groups is 3. The molecule has 224 valence electrons. The van der Waals surface area contributed by atoms with Crippen molar-refractivity contribution in [1.29, 1.82) is 0 Å². The highest BCUT2D eigenvalue weighted by atomic mass is 32.2. The van der Waals surface area contributed by atoms with Gasteiger partial charge in [0, 0.05) is 44.0 Å². The van der Waals surface area contributed by atoms with E-state index in [1.165, 1.54) is 11.8 Å². The fraction of sp³-hybridized carbons (Fsp3) is 0.281. The zero-order valence-electron chi connectivity index (χ0n) is 23.8. The third kappa shape index (κ3) is 5.60. The summed E-state index contributed by atoms with van der Waals surface area (Å²) in [5, 5.41) is 3.38. The summed E-state index contributed by atoms with van der Waals surface area (Å²) in [5.74, 6) is 1.22. The van der Waals surface area contributed by atoms with E-state index in [1.54, 1.807) is 11.0 Å². The molecule has 1 unspecified atom stereocenters. The Morgan fingerprint density at radius 2 is 1.68 bits per heavy atom. The molecular formula is C32H30N6O5S. The molecule has 0 aliphatic carbocycles. The Labute approximate surface area is 258 Å². The number of anilines is 1. The molecule has 0 spiro atoms. The third-order valence-corrected chi connectivity index (χ3v) is 8.93. The number of para-hydroxylation sites is 2. The maximum absolute atomic E-state index is 13.3. The van der Waals surface area contributed by atoms with E-state index in [-0.39, 0.29) is 37.3 Å². The number of benzene rings is 3. The van der Waals surface area contributed by atoms with Crippen LogP contribution in [-0.2, 0) is 20.9 Å². The second-order valence-electron chi connectivity index (χ2n) is 10.7. The zero-order valence-corrected chi connectivity index (χ0v) is 24.7. The fourth-order valence-corrected chi connectivity index (χ4v) is 6.62.